The van der Waals surface area contributed by atoms with E-state index in [-0.39, 0.29) is 17.6 Å². The van der Waals surface area contributed by atoms with Crippen molar-refractivity contribution < 1.29 is 23.9 Å². The van der Waals surface area contributed by atoms with E-state index in [1.54, 1.807) is 45.0 Å². The summed E-state index contributed by atoms with van der Waals surface area (Å²) < 4.78 is 9.70. The summed E-state index contributed by atoms with van der Waals surface area (Å²) in [6.07, 6.45) is 0.127. The lowest BCUT2D eigenvalue weighted by Crippen LogP contribution is -2.34. The van der Waals surface area contributed by atoms with Gasteiger partial charge < -0.3 is 20.1 Å². The molecular weight excluding hydrogens is 356 g/mol. The second-order valence-corrected chi connectivity index (χ2v) is 7.48. The molecule has 26 heavy (non-hydrogen) atoms. The third kappa shape index (κ3) is 9.31. The van der Waals surface area contributed by atoms with Crippen LogP contribution in [0.4, 0.5) is 4.79 Å². The maximum absolute atomic E-state index is 12.0. The van der Waals surface area contributed by atoms with Gasteiger partial charge in [-0.3, -0.25) is 9.59 Å². The fourth-order valence-electron chi connectivity index (χ4n) is 1.80. The van der Waals surface area contributed by atoms with E-state index in [2.05, 4.69) is 15.4 Å². The van der Waals surface area contributed by atoms with Gasteiger partial charge in [0.25, 0.3) is 5.91 Å². The zero-order chi connectivity index (χ0) is 19.6. The minimum atomic E-state index is -0.528. The van der Waals surface area contributed by atoms with E-state index in [1.165, 1.54) is 18.9 Å². The molecule has 0 unspecified atom stereocenters. The minimum Gasteiger partial charge on any atom is -0.468 e. The van der Waals surface area contributed by atoms with Crippen molar-refractivity contribution in [2.45, 2.75) is 37.7 Å². The molecule has 8 heteroatoms. The molecule has 7 nitrogen and oxygen atoms in total. The summed E-state index contributed by atoms with van der Waals surface area (Å²) >= 11 is 1.35. The predicted octanol–water partition coefficient (Wildman–Crippen LogP) is 2.60. The van der Waals surface area contributed by atoms with E-state index in [0.717, 1.165) is 4.90 Å². The molecule has 0 radical (unpaired) electrons. The average molecular weight is 382 g/mol. The van der Waals surface area contributed by atoms with Crippen LogP contribution in [0, 0.1) is 0 Å². The molecule has 1 aromatic carbocycles. The lowest BCUT2D eigenvalue weighted by atomic mass is 10.2. The van der Waals surface area contributed by atoms with Gasteiger partial charge in [0, 0.05) is 23.5 Å². The van der Waals surface area contributed by atoms with E-state index in [9.17, 15) is 14.4 Å². The van der Waals surface area contributed by atoms with Crippen LogP contribution in [-0.4, -0.2) is 49.5 Å². The number of alkyl carbamates (subject to hydrolysis) is 1. The molecule has 0 fully saturated rings. The number of rotatable bonds is 8. The summed E-state index contributed by atoms with van der Waals surface area (Å²) in [6, 6.07) is 6.97. The molecule has 0 heterocycles. The monoisotopic (exact) mass is 382 g/mol. The van der Waals surface area contributed by atoms with Crippen molar-refractivity contribution in [3.05, 3.63) is 29.8 Å². The number of hydrogen-bond acceptors (Lipinski definition) is 6. The first kappa shape index (κ1) is 21.8. The summed E-state index contributed by atoms with van der Waals surface area (Å²) in [5.74, 6) is -0.254. The molecule has 2 N–H and O–H groups in total. The van der Waals surface area contributed by atoms with Gasteiger partial charge in [0.1, 0.15) is 5.60 Å². The molecule has 0 aliphatic carbocycles. The topological polar surface area (TPSA) is 93.7 Å². The van der Waals surface area contributed by atoms with Crippen LogP contribution < -0.4 is 10.6 Å². The van der Waals surface area contributed by atoms with E-state index in [4.69, 9.17) is 4.74 Å². The van der Waals surface area contributed by atoms with Crippen LogP contribution in [0.15, 0.2) is 29.2 Å². The van der Waals surface area contributed by atoms with Crippen LogP contribution in [0.1, 0.15) is 37.6 Å². The number of methoxy groups -OCH3 is 1. The van der Waals surface area contributed by atoms with Crippen molar-refractivity contribution in [3.8, 4) is 0 Å². The molecule has 1 rings (SSSR count). The first-order chi connectivity index (χ1) is 12.2. The Kier molecular flexibility index (Phi) is 8.98. The fourth-order valence-corrected chi connectivity index (χ4v) is 2.53. The Morgan fingerprint density at radius 2 is 1.65 bits per heavy atom. The minimum absolute atomic E-state index is 0.188. The van der Waals surface area contributed by atoms with Crippen LogP contribution >= 0.6 is 11.8 Å². The average Bonchev–Trinajstić information content (AvgIpc) is 2.58. The van der Waals surface area contributed by atoms with E-state index >= 15 is 0 Å². The van der Waals surface area contributed by atoms with Crippen molar-refractivity contribution >= 4 is 29.7 Å². The van der Waals surface area contributed by atoms with Crippen molar-refractivity contribution in [3.63, 3.8) is 0 Å². The molecule has 1 aromatic rings. The summed E-state index contributed by atoms with van der Waals surface area (Å²) in [5.41, 5.74) is 0.00657. The molecule has 144 valence electrons. The Hall–Kier alpha value is -2.22. The van der Waals surface area contributed by atoms with Gasteiger partial charge in [0.05, 0.1) is 12.9 Å². The number of ether oxygens (including phenoxy) is 2. The van der Waals surface area contributed by atoms with Gasteiger partial charge in [-0.05, 0) is 51.5 Å². The standard InChI is InChI=1S/C18H26N2O5S/c1-18(2,3)25-17(23)20-11-5-10-19-16(22)13-6-8-14(9-7-13)26-12-15(21)24-4/h6-9H,5,10-12H2,1-4H3,(H,19,22)(H,20,23). The van der Waals surface area contributed by atoms with Gasteiger partial charge in [0.15, 0.2) is 0 Å². The van der Waals surface area contributed by atoms with Crippen LogP contribution in [-0.2, 0) is 14.3 Å². The number of nitrogens with one attached hydrogen (secondary N) is 2. The lowest BCUT2D eigenvalue weighted by molar-refractivity contribution is -0.137. The van der Waals surface area contributed by atoms with Crippen molar-refractivity contribution in [2.75, 3.05) is 26.0 Å². The highest BCUT2D eigenvalue weighted by atomic mass is 32.2. The summed E-state index contributed by atoms with van der Waals surface area (Å²) in [6.45, 7) is 6.25. The van der Waals surface area contributed by atoms with Gasteiger partial charge in [-0.25, -0.2) is 4.79 Å². The lowest BCUT2D eigenvalue weighted by Gasteiger charge is -2.19. The quantitative estimate of drug-likeness (QED) is 0.408. The molecule has 0 bridgehead atoms. The maximum atomic E-state index is 12.0. The van der Waals surface area contributed by atoms with Crippen LogP contribution in [0.5, 0.6) is 0 Å². The molecular formula is C18H26N2O5S. The summed E-state index contributed by atoms with van der Waals surface area (Å²) in [7, 11) is 1.35. The second kappa shape index (κ2) is 10.7. The Balaban J connectivity index is 2.27. The number of hydrogen-bond donors (Lipinski definition) is 2. The number of benzene rings is 1. The molecule has 0 spiro atoms. The zero-order valence-corrected chi connectivity index (χ0v) is 16.4. The van der Waals surface area contributed by atoms with Gasteiger partial charge in [0.2, 0.25) is 0 Å². The van der Waals surface area contributed by atoms with E-state index in [0.29, 0.717) is 25.1 Å². The number of esters is 1. The zero-order valence-electron chi connectivity index (χ0n) is 15.6. The highest BCUT2D eigenvalue weighted by Crippen LogP contribution is 2.18. The fraction of sp³-hybridized carbons (Fsp3) is 0.500. The number of carbonyl (C=O) groups excluding carboxylic acids is 3. The number of carbonyl (C=O) groups is 3. The molecule has 0 saturated heterocycles. The predicted molar refractivity (Wildman–Crippen MR) is 100 cm³/mol. The number of thioether (sulfide) groups is 1. The molecule has 0 aliphatic rings. The first-order valence-corrected chi connectivity index (χ1v) is 9.24. The maximum Gasteiger partial charge on any atom is 0.407 e. The van der Waals surface area contributed by atoms with Crippen LogP contribution in [0.2, 0.25) is 0 Å². The highest BCUT2D eigenvalue weighted by molar-refractivity contribution is 8.00. The van der Waals surface area contributed by atoms with Crippen molar-refractivity contribution in [2.24, 2.45) is 0 Å². The third-order valence-electron chi connectivity index (χ3n) is 3.01. The normalized spacial score (nSPS) is 10.8. The van der Waals surface area contributed by atoms with Gasteiger partial charge in [-0.15, -0.1) is 11.8 Å². The smallest absolute Gasteiger partial charge is 0.407 e. The van der Waals surface area contributed by atoms with E-state index in [1.807, 2.05) is 0 Å². The van der Waals surface area contributed by atoms with Crippen LogP contribution in [0.25, 0.3) is 0 Å². The van der Waals surface area contributed by atoms with Gasteiger partial charge >= 0.3 is 12.1 Å². The Morgan fingerprint density at radius 3 is 2.23 bits per heavy atom. The summed E-state index contributed by atoms with van der Waals surface area (Å²) in [4.78, 5) is 35.5. The first-order valence-electron chi connectivity index (χ1n) is 8.26. The van der Waals surface area contributed by atoms with Crippen molar-refractivity contribution in [1.29, 1.82) is 0 Å². The molecule has 0 saturated carbocycles. The number of amides is 2. The molecule has 0 atom stereocenters. The molecule has 2 amide bonds. The van der Waals surface area contributed by atoms with Gasteiger partial charge in [-0.2, -0.15) is 0 Å². The Labute approximate surface area is 158 Å². The second-order valence-electron chi connectivity index (χ2n) is 6.43. The largest absolute Gasteiger partial charge is 0.468 e. The van der Waals surface area contributed by atoms with E-state index < -0.39 is 11.7 Å². The Bertz CT molecular complexity index is 611. The Morgan fingerprint density at radius 1 is 1.04 bits per heavy atom. The van der Waals surface area contributed by atoms with Gasteiger partial charge in [-0.1, -0.05) is 0 Å². The molecule has 0 aliphatic heterocycles. The highest BCUT2D eigenvalue weighted by Gasteiger charge is 2.15. The SMILES string of the molecule is COC(=O)CSc1ccc(C(=O)NCCCNC(=O)OC(C)(C)C)cc1. The third-order valence-corrected chi connectivity index (χ3v) is 3.99. The van der Waals surface area contributed by atoms with Crippen molar-refractivity contribution in [1.82, 2.24) is 10.6 Å². The van der Waals surface area contributed by atoms with Crippen LogP contribution in [0.3, 0.4) is 0 Å². The molecule has 0 aromatic heterocycles. The summed E-state index contributed by atoms with van der Waals surface area (Å²) in [5, 5.41) is 5.42.